The van der Waals surface area contributed by atoms with Gasteiger partial charge in [-0.25, -0.2) is 14.5 Å². The van der Waals surface area contributed by atoms with Crippen molar-refractivity contribution < 1.29 is 28.9 Å². The number of amides is 2. The summed E-state index contributed by atoms with van der Waals surface area (Å²) in [7, 11) is 1.27. The Bertz CT molecular complexity index is 1440. The van der Waals surface area contributed by atoms with Crippen LogP contribution in [0.5, 0.6) is 0 Å². The number of carbonyl (C=O) groups is 3. The molecule has 2 aliphatic rings. The number of thiazole rings is 1. The van der Waals surface area contributed by atoms with Crippen LogP contribution in [0.15, 0.2) is 52.7 Å². The first kappa shape index (κ1) is 24.4. The second-order valence-electron chi connectivity index (χ2n) is 7.89. The van der Waals surface area contributed by atoms with Gasteiger partial charge < -0.3 is 25.8 Å². The molecule has 3 aromatic rings. The molecular formula is C21H19N9O5S2. The number of oxime groups is 1. The van der Waals surface area contributed by atoms with Crippen LogP contribution in [0.1, 0.15) is 5.69 Å². The predicted molar refractivity (Wildman–Crippen MR) is 129 cm³/mol. The number of aliphatic carboxylic acids is 1. The molecule has 0 unspecified atom stereocenters. The predicted octanol–water partition coefficient (Wildman–Crippen LogP) is -1.75. The van der Waals surface area contributed by atoms with Gasteiger partial charge in [-0.1, -0.05) is 5.16 Å². The number of nitrogen functional groups attached to an aromatic ring is 1. The van der Waals surface area contributed by atoms with Gasteiger partial charge in [-0.15, -0.1) is 23.1 Å². The Morgan fingerprint density at radius 2 is 2.30 bits per heavy atom. The van der Waals surface area contributed by atoms with Crippen LogP contribution in [0.3, 0.4) is 0 Å². The van der Waals surface area contributed by atoms with Crippen molar-refractivity contribution in [3.63, 3.8) is 0 Å². The summed E-state index contributed by atoms with van der Waals surface area (Å²) in [6.07, 6.45) is 4.96. The van der Waals surface area contributed by atoms with Gasteiger partial charge in [0.1, 0.15) is 30.5 Å². The topological polar surface area (TPSA) is 195 Å². The first-order chi connectivity index (χ1) is 17.9. The molecule has 2 amide bonds. The number of aromatic amines is 1. The molecule has 37 heavy (non-hydrogen) atoms. The molecule has 5 heterocycles. The normalized spacial score (nSPS) is 19.3. The van der Waals surface area contributed by atoms with Crippen LogP contribution in [-0.2, 0) is 25.8 Å². The lowest BCUT2D eigenvalue weighted by molar-refractivity contribution is -0.688. The van der Waals surface area contributed by atoms with Crippen LogP contribution < -0.4 is 20.7 Å². The molecule has 0 saturated carbocycles. The van der Waals surface area contributed by atoms with Crippen molar-refractivity contribution in [2.24, 2.45) is 5.16 Å². The summed E-state index contributed by atoms with van der Waals surface area (Å²) in [5.74, 6) is -1.86. The van der Waals surface area contributed by atoms with E-state index in [2.05, 4.69) is 30.6 Å². The minimum atomic E-state index is -1.47. The van der Waals surface area contributed by atoms with E-state index >= 15 is 0 Å². The molecule has 16 heteroatoms. The lowest BCUT2D eigenvalue weighted by Crippen LogP contribution is -2.71. The highest BCUT2D eigenvalue weighted by Crippen LogP contribution is 2.40. The number of aromatic nitrogens is 5. The Balaban J connectivity index is 1.35. The minimum Gasteiger partial charge on any atom is -0.543 e. The number of hydrogen-bond acceptors (Lipinski definition) is 12. The number of rotatable bonds is 8. The number of thioether (sulfide) groups is 1. The number of fused-ring (bicyclic) bond motifs is 1. The molecule has 2 atom stereocenters. The van der Waals surface area contributed by atoms with Crippen molar-refractivity contribution in [1.29, 1.82) is 0 Å². The molecule has 2 aliphatic heterocycles. The van der Waals surface area contributed by atoms with Gasteiger partial charge >= 0.3 is 0 Å². The number of nitrogens with zero attached hydrogens (tertiary/aromatic N) is 6. The number of anilines is 1. The maximum Gasteiger partial charge on any atom is 0.276 e. The summed E-state index contributed by atoms with van der Waals surface area (Å²) in [6, 6.07) is 2.67. The molecule has 0 bridgehead atoms. The fourth-order valence-corrected chi connectivity index (χ4v) is 5.90. The molecule has 4 N–H and O–H groups in total. The Morgan fingerprint density at radius 1 is 1.46 bits per heavy atom. The van der Waals surface area contributed by atoms with Gasteiger partial charge in [0.05, 0.1) is 17.2 Å². The largest absolute Gasteiger partial charge is 0.543 e. The van der Waals surface area contributed by atoms with Gasteiger partial charge in [-0.3, -0.25) is 19.6 Å². The third-order valence-corrected chi connectivity index (χ3v) is 7.62. The first-order valence-corrected chi connectivity index (χ1v) is 12.7. The fraction of sp³-hybridized carbons (Fsp3) is 0.238. The van der Waals surface area contributed by atoms with Gasteiger partial charge in [0.2, 0.25) is 0 Å². The van der Waals surface area contributed by atoms with Crippen LogP contribution >= 0.6 is 23.1 Å². The maximum atomic E-state index is 13.0. The van der Waals surface area contributed by atoms with E-state index in [9.17, 15) is 19.5 Å². The van der Waals surface area contributed by atoms with Gasteiger partial charge in [-0.2, -0.15) is 5.10 Å². The van der Waals surface area contributed by atoms with Crippen LogP contribution in [0.25, 0.3) is 11.4 Å². The molecule has 190 valence electrons. The zero-order chi connectivity index (χ0) is 26.1. The number of nitrogens with one attached hydrogen (secondary N) is 2. The molecule has 0 spiro atoms. The third-order valence-electron chi connectivity index (χ3n) is 5.61. The second kappa shape index (κ2) is 9.98. The van der Waals surface area contributed by atoms with Crippen molar-refractivity contribution in [1.82, 2.24) is 30.4 Å². The molecular weight excluding hydrogens is 522 g/mol. The SMILES string of the molecule is CO/N=C(\C(=O)N[C@@H]1C(=O)N2C(C(=O)[O-])=C(C[n+]3cccc(-c4ncn[nH]4)c3)CS[C@H]12)c1csc(N)n1. The summed E-state index contributed by atoms with van der Waals surface area (Å²) >= 11 is 2.46. The number of H-pyrrole nitrogens is 1. The smallest absolute Gasteiger partial charge is 0.276 e. The second-order valence-corrected chi connectivity index (χ2v) is 9.89. The lowest BCUT2D eigenvalue weighted by Gasteiger charge is -2.50. The van der Waals surface area contributed by atoms with Crippen LogP contribution in [0.4, 0.5) is 5.13 Å². The highest BCUT2D eigenvalue weighted by Gasteiger charge is 2.53. The number of hydrogen-bond donors (Lipinski definition) is 3. The van der Waals surface area contributed by atoms with Gasteiger partial charge in [-0.05, 0) is 6.07 Å². The molecule has 0 aliphatic carbocycles. The number of carboxylic acids is 1. The molecule has 1 saturated heterocycles. The number of nitrogens with two attached hydrogens (primary N) is 1. The van der Waals surface area contributed by atoms with Crippen molar-refractivity contribution in [3.8, 4) is 11.4 Å². The Kier molecular flexibility index (Phi) is 6.58. The fourth-order valence-electron chi connectivity index (χ4n) is 4.02. The van der Waals surface area contributed by atoms with Gasteiger partial charge in [0, 0.05) is 22.8 Å². The van der Waals surface area contributed by atoms with E-state index in [0.29, 0.717) is 17.2 Å². The monoisotopic (exact) mass is 541 g/mol. The Hall–Kier alpha value is -4.31. The van der Waals surface area contributed by atoms with Crippen LogP contribution in [0, 0.1) is 0 Å². The van der Waals surface area contributed by atoms with Crippen molar-refractivity contribution in [2.75, 3.05) is 18.6 Å². The van der Waals surface area contributed by atoms with E-state index < -0.39 is 29.2 Å². The zero-order valence-electron chi connectivity index (χ0n) is 19.2. The summed E-state index contributed by atoms with van der Waals surface area (Å²) in [5.41, 5.74) is 6.75. The Labute approximate surface area is 217 Å². The van der Waals surface area contributed by atoms with Crippen molar-refractivity contribution >= 4 is 51.7 Å². The number of β-lactam (4-membered cyclic amide) rings is 1. The van der Waals surface area contributed by atoms with Crippen LogP contribution in [0.2, 0.25) is 0 Å². The molecule has 14 nitrogen and oxygen atoms in total. The summed E-state index contributed by atoms with van der Waals surface area (Å²) < 4.78 is 1.79. The number of carboxylic acid groups (broad SMARTS) is 1. The quantitative estimate of drug-likeness (QED) is 0.127. The van der Waals surface area contributed by atoms with Crippen molar-refractivity contribution in [3.05, 3.63) is 53.2 Å². The number of carbonyl (C=O) groups excluding carboxylic acids is 3. The van der Waals surface area contributed by atoms with Crippen LogP contribution in [-0.4, -0.2) is 72.8 Å². The van der Waals surface area contributed by atoms with Gasteiger partial charge in [0.25, 0.3) is 11.8 Å². The minimum absolute atomic E-state index is 0.151. The molecule has 3 aromatic heterocycles. The number of pyridine rings is 1. The molecule has 1 fully saturated rings. The van der Waals surface area contributed by atoms with Crippen molar-refractivity contribution in [2.45, 2.75) is 18.0 Å². The Morgan fingerprint density at radius 3 is 2.97 bits per heavy atom. The summed E-state index contributed by atoms with van der Waals surface area (Å²) in [5, 5.41) is 26.2. The average Bonchev–Trinajstić information content (AvgIpc) is 3.57. The van der Waals surface area contributed by atoms with E-state index in [0.717, 1.165) is 21.8 Å². The first-order valence-electron chi connectivity index (χ1n) is 10.7. The molecule has 0 aromatic carbocycles. The summed E-state index contributed by atoms with van der Waals surface area (Å²) in [4.78, 5) is 52.1. The third kappa shape index (κ3) is 4.63. The molecule has 0 radical (unpaired) electrons. The van der Waals surface area contributed by atoms with E-state index in [4.69, 9.17) is 10.6 Å². The molecule has 5 rings (SSSR count). The zero-order valence-corrected chi connectivity index (χ0v) is 20.8. The highest BCUT2D eigenvalue weighted by molar-refractivity contribution is 8.00. The van der Waals surface area contributed by atoms with Gasteiger partial charge in [0.15, 0.2) is 35.6 Å². The maximum absolute atomic E-state index is 13.0. The van der Waals surface area contributed by atoms with E-state index in [-0.39, 0.29) is 28.8 Å². The standard InChI is InChI=1S/C21H19N9O5S2/c1-35-28-13(12-8-37-21(22)25-12)17(31)26-14-18(32)30-15(20(33)34)11(7-36-19(14)30)6-29-4-2-3-10(5-29)16-23-9-24-27-16/h2-5,8-9,14,19H,6-7H2,1H3,(H4-,22,23,24,25,26,27,31,33,34)/b28-13-/t14-,19-/m1/s1. The average molecular weight is 542 g/mol. The lowest BCUT2D eigenvalue weighted by atomic mass is 10.0. The summed E-state index contributed by atoms with van der Waals surface area (Å²) in [6.45, 7) is 0.210. The van der Waals surface area contributed by atoms with E-state index in [1.54, 1.807) is 23.0 Å². The highest BCUT2D eigenvalue weighted by atomic mass is 32.2. The van der Waals surface area contributed by atoms with E-state index in [1.165, 1.54) is 30.6 Å². The van der Waals surface area contributed by atoms with E-state index in [1.807, 2.05) is 6.07 Å².